The second kappa shape index (κ2) is 16.0. The zero-order valence-electron chi connectivity index (χ0n) is 25.9. The van der Waals surface area contributed by atoms with Crippen LogP contribution in [0.1, 0.15) is 34.5 Å². The molecule has 5 N–H and O–H groups in total. The van der Waals surface area contributed by atoms with Crippen LogP contribution in [0, 0.1) is 0 Å². The third-order valence-corrected chi connectivity index (χ3v) is 8.38. The molecule has 4 heterocycles. The standard InChI is InChI=1S/C33H35Cl2N7O5/c1-46-27-14-26(39-17-20(27)16-36-12-13-43)32(45)41-25-5-3-4-23(29(25)34)31-30(35)22(10-11-38-31)24-8-6-19(33(42-24)47-2)15-37-18-21-7-9-28(44)40-21/h3-6,8,10-11,14,17,21,36-37,43H,7,9,12-13,15-16,18H2,1-2H3,(H,40,44)(H,41,45). The first kappa shape index (κ1) is 34.0. The van der Waals surface area contributed by atoms with Gasteiger partial charge in [0, 0.05) is 79.4 Å². The number of pyridine rings is 3. The van der Waals surface area contributed by atoms with Crippen molar-refractivity contribution in [2.24, 2.45) is 0 Å². The summed E-state index contributed by atoms with van der Waals surface area (Å²) >= 11 is 13.7. The number of rotatable bonds is 14. The van der Waals surface area contributed by atoms with Gasteiger partial charge in [-0.25, -0.2) is 4.98 Å². The number of nitrogens with zero attached hydrogens (tertiary/aromatic N) is 3. The molecule has 4 aromatic rings. The van der Waals surface area contributed by atoms with Gasteiger partial charge in [-0.1, -0.05) is 41.4 Å². The second-order valence-electron chi connectivity index (χ2n) is 10.7. The summed E-state index contributed by atoms with van der Waals surface area (Å²) in [6, 6.07) is 12.4. The second-order valence-corrected chi connectivity index (χ2v) is 11.5. The lowest BCUT2D eigenvalue weighted by molar-refractivity contribution is -0.119. The first-order valence-corrected chi connectivity index (χ1v) is 15.7. The Morgan fingerprint density at radius 1 is 1.02 bits per heavy atom. The maximum absolute atomic E-state index is 13.2. The third kappa shape index (κ3) is 8.16. The normalized spacial score (nSPS) is 14.1. The molecular weight excluding hydrogens is 645 g/mol. The van der Waals surface area contributed by atoms with E-state index in [9.17, 15) is 9.59 Å². The molecule has 47 heavy (non-hydrogen) atoms. The summed E-state index contributed by atoms with van der Waals surface area (Å²) in [6.45, 7) is 2.01. The van der Waals surface area contributed by atoms with Gasteiger partial charge in [-0.15, -0.1) is 0 Å². The minimum atomic E-state index is -0.483. The first-order chi connectivity index (χ1) is 22.8. The van der Waals surface area contributed by atoms with Crippen molar-refractivity contribution >= 4 is 40.7 Å². The molecule has 0 bridgehead atoms. The Bertz CT molecular complexity index is 1760. The fourth-order valence-electron chi connectivity index (χ4n) is 5.18. The van der Waals surface area contributed by atoms with E-state index in [2.05, 4.69) is 31.2 Å². The lowest BCUT2D eigenvalue weighted by atomic mass is 10.1. The number of carbonyl (C=O) groups is 2. The molecule has 1 unspecified atom stereocenters. The Kier molecular flexibility index (Phi) is 11.6. The lowest BCUT2D eigenvalue weighted by Gasteiger charge is -2.15. The largest absolute Gasteiger partial charge is 0.496 e. The van der Waals surface area contributed by atoms with E-state index in [0.717, 1.165) is 17.5 Å². The molecule has 0 saturated carbocycles. The van der Waals surface area contributed by atoms with Gasteiger partial charge in [0.1, 0.15) is 11.4 Å². The number of hydrogen-bond donors (Lipinski definition) is 5. The number of aromatic nitrogens is 3. The molecule has 1 aliphatic heterocycles. The summed E-state index contributed by atoms with van der Waals surface area (Å²) in [5.74, 6) is 0.527. The molecule has 1 aliphatic rings. The van der Waals surface area contributed by atoms with E-state index in [-0.39, 0.29) is 29.3 Å². The Balaban J connectivity index is 1.34. The van der Waals surface area contributed by atoms with Crippen LogP contribution in [0.4, 0.5) is 5.69 Å². The van der Waals surface area contributed by atoms with E-state index in [4.69, 9.17) is 42.8 Å². The maximum Gasteiger partial charge on any atom is 0.274 e. The van der Waals surface area contributed by atoms with Crippen molar-refractivity contribution in [2.45, 2.75) is 32.0 Å². The molecule has 5 rings (SSSR count). The smallest absolute Gasteiger partial charge is 0.274 e. The molecule has 0 aliphatic carbocycles. The number of benzene rings is 1. The van der Waals surface area contributed by atoms with E-state index >= 15 is 0 Å². The lowest BCUT2D eigenvalue weighted by Crippen LogP contribution is -2.35. The maximum atomic E-state index is 13.2. The van der Waals surface area contributed by atoms with Gasteiger partial charge >= 0.3 is 0 Å². The Labute approximate surface area is 282 Å². The molecule has 0 radical (unpaired) electrons. The highest BCUT2D eigenvalue weighted by atomic mass is 35.5. The molecule has 1 aromatic carbocycles. The summed E-state index contributed by atoms with van der Waals surface area (Å²) in [6.07, 6.45) is 4.53. The zero-order valence-corrected chi connectivity index (χ0v) is 27.4. The molecule has 3 aromatic heterocycles. The van der Waals surface area contributed by atoms with E-state index < -0.39 is 5.91 Å². The number of hydrogen-bond acceptors (Lipinski definition) is 10. The van der Waals surface area contributed by atoms with Crippen LogP contribution in [0.2, 0.25) is 10.0 Å². The molecule has 0 spiro atoms. The minimum Gasteiger partial charge on any atom is -0.496 e. The van der Waals surface area contributed by atoms with Crippen molar-refractivity contribution in [2.75, 3.05) is 39.2 Å². The van der Waals surface area contributed by atoms with E-state index in [1.165, 1.54) is 7.11 Å². The molecule has 12 nitrogen and oxygen atoms in total. The highest BCUT2D eigenvalue weighted by Gasteiger charge is 2.21. The van der Waals surface area contributed by atoms with Gasteiger partial charge in [0.05, 0.1) is 47.9 Å². The monoisotopic (exact) mass is 679 g/mol. The summed E-state index contributed by atoms with van der Waals surface area (Å²) in [7, 11) is 3.07. The van der Waals surface area contributed by atoms with Crippen LogP contribution in [0.5, 0.6) is 11.6 Å². The topological polar surface area (TPSA) is 160 Å². The SMILES string of the molecule is COc1cc(C(=O)Nc2cccc(-c3nccc(-c4ccc(CNCC5CCC(=O)N5)c(OC)n4)c3Cl)c2Cl)ncc1CNCCO. The van der Waals surface area contributed by atoms with E-state index in [1.807, 2.05) is 12.1 Å². The number of carbonyl (C=O) groups excluding carboxylic acids is 2. The van der Waals surface area contributed by atoms with Crippen molar-refractivity contribution in [3.63, 3.8) is 0 Å². The van der Waals surface area contributed by atoms with Crippen LogP contribution in [0.25, 0.3) is 22.5 Å². The van der Waals surface area contributed by atoms with Gasteiger partial charge in [-0.2, -0.15) is 0 Å². The van der Waals surface area contributed by atoms with Crippen molar-refractivity contribution < 1.29 is 24.2 Å². The predicted octanol–water partition coefficient (Wildman–Crippen LogP) is 4.23. The highest BCUT2D eigenvalue weighted by molar-refractivity contribution is 6.39. The number of nitrogens with one attached hydrogen (secondary N) is 4. The predicted molar refractivity (Wildman–Crippen MR) is 180 cm³/mol. The van der Waals surface area contributed by atoms with Crippen LogP contribution in [0.15, 0.2) is 54.9 Å². The van der Waals surface area contributed by atoms with Gasteiger partial charge < -0.3 is 35.8 Å². The summed E-state index contributed by atoms with van der Waals surface area (Å²) < 4.78 is 11.0. The van der Waals surface area contributed by atoms with Crippen LogP contribution >= 0.6 is 23.2 Å². The minimum absolute atomic E-state index is 0.00254. The van der Waals surface area contributed by atoms with Gasteiger partial charge in [-0.05, 0) is 24.6 Å². The molecule has 2 amide bonds. The highest BCUT2D eigenvalue weighted by Crippen LogP contribution is 2.40. The molecule has 1 saturated heterocycles. The quantitative estimate of drug-likeness (QED) is 0.122. The van der Waals surface area contributed by atoms with Crippen molar-refractivity contribution in [3.05, 3.63) is 81.7 Å². The van der Waals surface area contributed by atoms with Crippen LogP contribution in [-0.4, -0.2) is 71.8 Å². The molecule has 14 heteroatoms. The number of amides is 2. The summed E-state index contributed by atoms with van der Waals surface area (Å²) in [4.78, 5) is 38.1. The van der Waals surface area contributed by atoms with Gasteiger partial charge in [-0.3, -0.25) is 19.6 Å². The first-order valence-electron chi connectivity index (χ1n) is 15.0. The molecular formula is C33H35Cl2N7O5. The van der Waals surface area contributed by atoms with Gasteiger partial charge in [0.2, 0.25) is 11.8 Å². The fourth-order valence-corrected chi connectivity index (χ4v) is 5.76. The average Bonchev–Trinajstić information content (AvgIpc) is 3.50. The fraction of sp³-hybridized carbons (Fsp3) is 0.303. The number of anilines is 1. The van der Waals surface area contributed by atoms with Crippen LogP contribution in [-0.2, 0) is 17.9 Å². The Morgan fingerprint density at radius 2 is 1.85 bits per heavy atom. The van der Waals surface area contributed by atoms with Gasteiger partial charge in [0.25, 0.3) is 5.91 Å². The number of ether oxygens (including phenoxy) is 2. The zero-order chi connectivity index (χ0) is 33.3. The Hall–Kier alpha value is -4.33. The van der Waals surface area contributed by atoms with Gasteiger partial charge in [0.15, 0.2) is 0 Å². The Morgan fingerprint density at radius 3 is 2.60 bits per heavy atom. The van der Waals surface area contributed by atoms with E-state index in [0.29, 0.717) is 77.5 Å². The average molecular weight is 681 g/mol. The summed E-state index contributed by atoms with van der Waals surface area (Å²) in [5, 5.41) is 21.8. The van der Waals surface area contributed by atoms with Crippen molar-refractivity contribution in [1.82, 2.24) is 30.9 Å². The van der Waals surface area contributed by atoms with Crippen molar-refractivity contribution in [3.8, 4) is 34.1 Å². The number of aliphatic hydroxyl groups excluding tert-OH is 1. The third-order valence-electron chi connectivity index (χ3n) is 7.59. The molecule has 1 atom stereocenters. The van der Waals surface area contributed by atoms with Crippen LogP contribution < -0.4 is 30.7 Å². The van der Waals surface area contributed by atoms with Crippen LogP contribution in [0.3, 0.4) is 0 Å². The molecule has 246 valence electrons. The van der Waals surface area contributed by atoms with Crippen molar-refractivity contribution in [1.29, 1.82) is 0 Å². The number of methoxy groups -OCH3 is 2. The summed E-state index contributed by atoms with van der Waals surface area (Å²) in [5.41, 5.74) is 4.21. The number of aliphatic hydroxyl groups is 1. The van der Waals surface area contributed by atoms with E-state index in [1.54, 1.807) is 49.8 Å². The number of halogens is 2. The molecule has 1 fully saturated rings.